The monoisotopic (exact) mass is 556 g/mol. The molecule has 34 heavy (non-hydrogen) atoms. The fourth-order valence-electron chi connectivity index (χ4n) is 4.94. The van der Waals surface area contributed by atoms with Gasteiger partial charge in [0.05, 0.1) is 34.2 Å². The van der Waals surface area contributed by atoms with E-state index in [4.69, 9.17) is 5.73 Å². The largest absolute Gasteiger partial charge is 0.397 e. The van der Waals surface area contributed by atoms with Gasteiger partial charge in [0.25, 0.3) is 0 Å². The number of rotatable bonds is 5. The van der Waals surface area contributed by atoms with Gasteiger partial charge in [0.1, 0.15) is 0 Å². The van der Waals surface area contributed by atoms with Gasteiger partial charge in [0, 0.05) is 5.56 Å². The smallest absolute Gasteiger partial charge is 0.0673 e. The van der Waals surface area contributed by atoms with E-state index in [1.807, 2.05) is 0 Å². The van der Waals surface area contributed by atoms with Crippen molar-refractivity contribution in [2.24, 2.45) is 5.92 Å². The first-order valence-corrected chi connectivity index (χ1v) is 13.0. The van der Waals surface area contributed by atoms with Crippen LogP contribution in [0.5, 0.6) is 0 Å². The van der Waals surface area contributed by atoms with Crippen molar-refractivity contribution < 1.29 is 0 Å². The van der Waals surface area contributed by atoms with Crippen molar-refractivity contribution in [3.05, 3.63) is 102 Å². The van der Waals surface area contributed by atoms with Crippen LogP contribution in [0, 0.1) is 5.92 Å². The topological polar surface area (TPSA) is 38.0 Å². The average Bonchev–Trinajstić information content (AvgIpc) is 2.88. The van der Waals surface area contributed by atoms with Gasteiger partial charge in [-0.3, -0.25) is 0 Å². The van der Waals surface area contributed by atoms with E-state index in [0.717, 1.165) is 40.9 Å². The van der Waals surface area contributed by atoms with Crippen molar-refractivity contribution >= 4 is 50.6 Å². The zero-order valence-corrected chi connectivity index (χ0v) is 21.8. The number of benzene rings is 4. The van der Waals surface area contributed by atoms with E-state index in [1.54, 1.807) is 0 Å². The predicted octanol–water partition coefficient (Wildman–Crippen LogP) is 9.28. The first-order chi connectivity index (χ1) is 16.6. The van der Waals surface area contributed by atoms with Gasteiger partial charge < -0.3 is 9.26 Å². The molecule has 1 unspecified atom stereocenters. The number of hydrogen-bond donors (Lipinski definition) is 2. The van der Waals surface area contributed by atoms with Gasteiger partial charge in [-0.1, -0.05) is 86.2 Å². The molecule has 0 aliphatic heterocycles. The Balaban J connectivity index is 1.62. The molecule has 0 aromatic heterocycles. The molecule has 0 heterocycles. The van der Waals surface area contributed by atoms with Gasteiger partial charge in [-0.25, -0.2) is 0 Å². The van der Waals surface area contributed by atoms with E-state index in [9.17, 15) is 0 Å². The third-order valence-corrected chi connectivity index (χ3v) is 7.40. The van der Waals surface area contributed by atoms with Crippen molar-refractivity contribution in [2.45, 2.75) is 26.7 Å². The number of nitrogens with two attached hydrogens (primary N) is 1. The Bertz CT molecular complexity index is 1430. The summed E-state index contributed by atoms with van der Waals surface area (Å²) in [4.78, 5) is 0. The number of allylic oxidation sites excluding steroid dienone is 4. The van der Waals surface area contributed by atoms with Crippen molar-refractivity contribution in [1.29, 1.82) is 0 Å². The van der Waals surface area contributed by atoms with Crippen LogP contribution in [0.3, 0.4) is 0 Å². The molecule has 1 aliphatic rings. The second kappa shape index (κ2) is 9.67. The quantitative estimate of drug-likeness (QED) is 0.146. The lowest BCUT2D eigenvalue weighted by atomic mass is 9.85. The molecule has 0 spiro atoms. The molecular weight excluding hydrogens is 527 g/mol. The number of anilines is 2. The van der Waals surface area contributed by atoms with Crippen molar-refractivity contribution in [2.75, 3.05) is 9.26 Å². The summed E-state index contributed by atoms with van der Waals surface area (Å²) in [5.41, 5.74) is 17.1. The maximum Gasteiger partial charge on any atom is 0.0673 e. The first kappa shape index (κ1) is 22.7. The summed E-state index contributed by atoms with van der Waals surface area (Å²) in [5.74, 6) is 0.612. The summed E-state index contributed by atoms with van der Waals surface area (Å²) in [6.45, 7) is 4.56. The summed E-state index contributed by atoms with van der Waals surface area (Å²) >= 11 is 2.17. The average molecular weight is 556 g/mol. The highest BCUT2D eigenvalue weighted by Crippen LogP contribution is 2.40. The molecule has 3 heteroatoms. The van der Waals surface area contributed by atoms with Crippen LogP contribution in [0.15, 0.2) is 96.6 Å². The van der Waals surface area contributed by atoms with E-state index < -0.39 is 0 Å². The van der Waals surface area contributed by atoms with Crippen LogP contribution in [-0.4, -0.2) is 0 Å². The number of nitrogen functional groups attached to an aromatic ring is 1. The van der Waals surface area contributed by atoms with Crippen LogP contribution < -0.4 is 9.26 Å². The number of fused-ring (bicyclic) bond motifs is 1. The molecule has 0 radical (unpaired) electrons. The Morgan fingerprint density at radius 3 is 2.44 bits per heavy atom. The van der Waals surface area contributed by atoms with E-state index in [0.29, 0.717) is 5.92 Å². The van der Waals surface area contributed by atoms with Gasteiger partial charge in [-0.05, 0) is 81.6 Å². The van der Waals surface area contributed by atoms with Gasteiger partial charge in [0.15, 0.2) is 0 Å². The minimum Gasteiger partial charge on any atom is -0.397 e. The number of halogens is 1. The van der Waals surface area contributed by atoms with Crippen molar-refractivity contribution in [1.82, 2.24) is 0 Å². The van der Waals surface area contributed by atoms with Crippen LogP contribution in [0.4, 0.5) is 11.4 Å². The highest BCUT2D eigenvalue weighted by molar-refractivity contribution is 14.1. The third-order valence-electron chi connectivity index (χ3n) is 6.82. The standard InChI is InChI=1S/C31H29IN2/c1-3-21-15-20(2)11-14-28(21)25-10-6-9-24(17-25)27-18-29(31(33)30(19-27)34-32)26-13-12-22-7-4-5-8-23(22)16-26/h4-14,16-20,34H,3,15,33H2,1-2H3. The van der Waals surface area contributed by atoms with Crippen LogP contribution in [-0.2, 0) is 0 Å². The van der Waals surface area contributed by atoms with E-state index in [2.05, 4.69) is 131 Å². The van der Waals surface area contributed by atoms with Crippen LogP contribution in [0.25, 0.3) is 38.6 Å². The lowest BCUT2D eigenvalue weighted by Gasteiger charge is -2.20. The summed E-state index contributed by atoms with van der Waals surface area (Å²) < 4.78 is 3.28. The Morgan fingerprint density at radius 1 is 0.853 bits per heavy atom. The maximum atomic E-state index is 6.63. The third kappa shape index (κ3) is 4.37. The fraction of sp³-hybridized carbons (Fsp3) is 0.161. The molecule has 1 atom stereocenters. The Hall–Kier alpha value is -3.05. The summed E-state index contributed by atoms with van der Waals surface area (Å²) in [6.07, 6.45) is 6.88. The normalized spacial score (nSPS) is 15.7. The van der Waals surface area contributed by atoms with Crippen LogP contribution >= 0.6 is 22.9 Å². The molecule has 3 N–H and O–H groups in total. The second-order valence-electron chi connectivity index (χ2n) is 9.13. The zero-order chi connectivity index (χ0) is 23.7. The van der Waals surface area contributed by atoms with Gasteiger partial charge in [0.2, 0.25) is 0 Å². The molecular formula is C31H29IN2. The van der Waals surface area contributed by atoms with E-state index in [-0.39, 0.29) is 0 Å². The molecule has 2 nitrogen and oxygen atoms in total. The molecule has 0 bridgehead atoms. The molecule has 1 aliphatic carbocycles. The molecule has 0 fully saturated rings. The van der Waals surface area contributed by atoms with Gasteiger partial charge in [-0.15, -0.1) is 0 Å². The Morgan fingerprint density at radius 2 is 1.65 bits per heavy atom. The maximum absolute atomic E-state index is 6.63. The van der Waals surface area contributed by atoms with Crippen molar-refractivity contribution in [3.63, 3.8) is 0 Å². The molecule has 0 saturated heterocycles. The molecule has 170 valence electrons. The summed E-state index contributed by atoms with van der Waals surface area (Å²) in [6, 6.07) is 28.3. The molecule has 5 rings (SSSR count). The van der Waals surface area contributed by atoms with Crippen LogP contribution in [0.2, 0.25) is 0 Å². The lowest BCUT2D eigenvalue weighted by molar-refractivity contribution is 0.693. The second-order valence-corrected chi connectivity index (χ2v) is 9.67. The molecule has 0 amide bonds. The van der Waals surface area contributed by atoms with E-state index in [1.165, 1.54) is 33.0 Å². The zero-order valence-electron chi connectivity index (χ0n) is 19.6. The fourth-order valence-corrected chi connectivity index (χ4v) is 5.39. The van der Waals surface area contributed by atoms with Crippen molar-refractivity contribution in [3.8, 4) is 22.3 Å². The van der Waals surface area contributed by atoms with E-state index >= 15 is 0 Å². The highest BCUT2D eigenvalue weighted by atomic mass is 127. The number of hydrogen-bond acceptors (Lipinski definition) is 2. The number of nitrogens with one attached hydrogen (secondary N) is 1. The first-order valence-electron chi connectivity index (χ1n) is 11.9. The predicted molar refractivity (Wildman–Crippen MR) is 157 cm³/mol. The summed E-state index contributed by atoms with van der Waals surface area (Å²) in [5, 5.41) is 2.45. The van der Waals surface area contributed by atoms with Gasteiger partial charge >= 0.3 is 0 Å². The highest BCUT2D eigenvalue weighted by Gasteiger charge is 2.15. The Labute approximate surface area is 216 Å². The minimum absolute atomic E-state index is 0.612. The van der Waals surface area contributed by atoms with Crippen LogP contribution in [0.1, 0.15) is 32.3 Å². The molecule has 4 aromatic carbocycles. The SMILES string of the molecule is CCC1=C(c2cccc(-c3cc(NI)c(N)c(-c4ccc5ccccc5c4)c3)c2)C=CC(C)C1. The van der Waals surface area contributed by atoms with Gasteiger partial charge in [-0.2, -0.15) is 0 Å². The summed E-state index contributed by atoms with van der Waals surface area (Å²) in [7, 11) is 0. The minimum atomic E-state index is 0.612. The molecule has 4 aromatic rings. The molecule has 0 saturated carbocycles. The Kier molecular flexibility index (Phi) is 6.46. The lowest BCUT2D eigenvalue weighted by Crippen LogP contribution is -2.01.